The van der Waals surface area contributed by atoms with Crippen LogP contribution in [-0.4, -0.2) is 23.1 Å². The topological polar surface area (TPSA) is 90.7 Å². The number of hydrogen-bond donors (Lipinski definition) is 1. The zero-order chi connectivity index (χ0) is 21.7. The SMILES string of the molecule is Cc1noc(C)c1COc1ccc(C(=O)OC(C)C(=O)Nc2ccc(Cl)cc2)cc1. The van der Waals surface area contributed by atoms with Gasteiger partial charge in [0.1, 0.15) is 18.1 Å². The number of esters is 1. The van der Waals surface area contributed by atoms with Crippen molar-refractivity contribution in [2.75, 3.05) is 5.32 Å². The minimum Gasteiger partial charge on any atom is -0.489 e. The number of aryl methyl sites for hydroxylation is 2. The number of halogens is 1. The zero-order valence-corrected chi connectivity index (χ0v) is 17.5. The number of nitrogens with zero attached hydrogens (tertiary/aromatic N) is 1. The van der Waals surface area contributed by atoms with Gasteiger partial charge in [-0.1, -0.05) is 16.8 Å². The number of carbonyl (C=O) groups excluding carboxylic acids is 2. The van der Waals surface area contributed by atoms with Crippen LogP contribution in [0.25, 0.3) is 0 Å². The van der Waals surface area contributed by atoms with Crippen molar-refractivity contribution in [3.05, 3.63) is 76.1 Å². The largest absolute Gasteiger partial charge is 0.489 e. The molecule has 0 spiro atoms. The normalized spacial score (nSPS) is 11.6. The Kier molecular flexibility index (Phi) is 6.74. The Morgan fingerprint density at radius 3 is 2.37 bits per heavy atom. The second-order valence-electron chi connectivity index (χ2n) is 6.66. The quantitative estimate of drug-likeness (QED) is 0.548. The zero-order valence-electron chi connectivity index (χ0n) is 16.8. The Labute approximate surface area is 178 Å². The molecule has 0 saturated heterocycles. The number of benzene rings is 2. The van der Waals surface area contributed by atoms with Crippen LogP contribution >= 0.6 is 11.6 Å². The minimum atomic E-state index is -0.969. The van der Waals surface area contributed by atoms with Crippen LogP contribution in [0.5, 0.6) is 5.75 Å². The van der Waals surface area contributed by atoms with Crippen LogP contribution in [0.2, 0.25) is 5.02 Å². The van der Waals surface area contributed by atoms with Crippen LogP contribution in [0, 0.1) is 13.8 Å². The molecule has 7 nitrogen and oxygen atoms in total. The van der Waals surface area contributed by atoms with Gasteiger partial charge in [-0.2, -0.15) is 0 Å². The molecule has 1 aromatic heterocycles. The summed E-state index contributed by atoms with van der Waals surface area (Å²) in [6.07, 6.45) is -0.969. The van der Waals surface area contributed by atoms with Crippen molar-refractivity contribution in [3.8, 4) is 5.75 Å². The Balaban J connectivity index is 1.53. The fourth-order valence-corrected chi connectivity index (χ4v) is 2.74. The van der Waals surface area contributed by atoms with E-state index in [-0.39, 0.29) is 0 Å². The number of amides is 1. The molecule has 0 fully saturated rings. The summed E-state index contributed by atoms with van der Waals surface area (Å²) in [5, 5.41) is 7.11. The third-order valence-corrected chi connectivity index (χ3v) is 4.67. The van der Waals surface area contributed by atoms with Gasteiger partial charge in [-0.25, -0.2) is 4.79 Å². The lowest BCUT2D eigenvalue weighted by atomic mass is 10.2. The van der Waals surface area contributed by atoms with Crippen molar-refractivity contribution in [1.82, 2.24) is 5.16 Å². The summed E-state index contributed by atoms with van der Waals surface area (Å²) in [5.41, 5.74) is 2.54. The van der Waals surface area contributed by atoms with E-state index >= 15 is 0 Å². The van der Waals surface area contributed by atoms with Crippen LogP contribution in [0.1, 0.15) is 34.3 Å². The number of rotatable bonds is 7. The molecule has 2 aromatic carbocycles. The molecule has 8 heteroatoms. The summed E-state index contributed by atoms with van der Waals surface area (Å²) in [6.45, 7) is 5.48. The van der Waals surface area contributed by atoms with Gasteiger partial charge in [-0.3, -0.25) is 4.79 Å². The summed E-state index contributed by atoms with van der Waals surface area (Å²) in [7, 11) is 0. The van der Waals surface area contributed by atoms with Crippen molar-refractivity contribution in [2.45, 2.75) is 33.5 Å². The number of hydrogen-bond acceptors (Lipinski definition) is 6. The number of carbonyl (C=O) groups is 2. The molecule has 1 amide bonds. The summed E-state index contributed by atoms with van der Waals surface area (Å²) >= 11 is 5.82. The summed E-state index contributed by atoms with van der Waals surface area (Å²) in [5.74, 6) is 0.245. The Hall–Kier alpha value is -3.32. The molecule has 1 unspecified atom stereocenters. The number of aromatic nitrogens is 1. The third-order valence-electron chi connectivity index (χ3n) is 4.42. The van der Waals surface area contributed by atoms with E-state index < -0.39 is 18.0 Å². The molecular weight excluding hydrogens is 408 g/mol. The molecule has 0 aliphatic rings. The van der Waals surface area contributed by atoms with Crippen molar-refractivity contribution in [2.24, 2.45) is 0 Å². The molecule has 30 heavy (non-hydrogen) atoms. The lowest BCUT2D eigenvalue weighted by Crippen LogP contribution is -2.29. The van der Waals surface area contributed by atoms with E-state index in [0.29, 0.717) is 34.4 Å². The lowest BCUT2D eigenvalue weighted by Gasteiger charge is -2.14. The molecule has 3 rings (SSSR count). The fraction of sp³-hybridized carbons (Fsp3) is 0.227. The molecule has 0 aliphatic heterocycles. The van der Waals surface area contributed by atoms with Crippen molar-refractivity contribution in [3.63, 3.8) is 0 Å². The highest BCUT2D eigenvalue weighted by Crippen LogP contribution is 2.19. The van der Waals surface area contributed by atoms with Crippen LogP contribution in [0.3, 0.4) is 0 Å². The maximum atomic E-state index is 12.3. The van der Waals surface area contributed by atoms with Crippen LogP contribution in [0.15, 0.2) is 53.1 Å². The molecule has 0 saturated carbocycles. The molecule has 0 radical (unpaired) electrons. The van der Waals surface area contributed by atoms with E-state index in [0.717, 1.165) is 11.3 Å². The Bertz CT molecular complexity index is 1010. The van der Waals surface area contributed by atoms with E-state index in [4.69, 9.17) is 25.6 Å². The van der Waals surface area contributed by atoms with E-state index in [2.05, 4.69) is 10.5 Å². The van der Waals surface area contributed by atoms with Crippen LogP contribution in [0.4, 0.5) is 5.69 Å². The standard InChI is InChI=1S/C22H21ClN2O5/c1-13-20(14(2)30-25-13)12-28-19-10-4-16(5-11-19)22(27)29-15(3)21(26)24-18-8-6-17(23)7-9-18/h4-11,15H,12H2,1-3H3,(H,24,26). The van der Waals surface area contributed by atoms with Crippen molar-refractivity contribution >= 4 is 29.2 Å². The first kappa shape index (κ1) is 21.4. The first-order chi connectivity index (χ1) is 14.3. The predicted molar refractivity (Wildman–Crippen MR) is 112 cm³/mol. The van der Waals surface area contributed by atoms with Gasteiger partial charge in [0.2, 0.25) is 0 Å². The summed E-state index contributed by atoms with van der Waals surface area (Å²) in [4.78, 5) is 24.5. The van der Waals surface area contributed by atoms with Gasteiger partial charge in [0.25, 0.3) is 5.91 Å². The molecule has 156 valence electrons. The maximum absolute atomic E-state index is 12.3. The Morgan fingerprint density at radius 1 is 1.10 bits per heavy atom. The van der Waals surface area contributed by atoms with Gasteiger partial charge in [-0.05, 0) is 69.3 Å². The Morgan fingerprint density at radius 2 is 1.77 bits per heavy atom. The summed E-state index contributed by atoms with van der Waals surface area (Å²) < 4.78 is 16.1. The highest BCUT2D eigenvalue weighted by Gasteiger charge is 2.19. The van der Waals surface area contributed by atoms with E-state index in [1.807, 2.05) is 13.8 Å². The van der Waals surface area contributed by atoms with Gasteiger partial charge in [0.05, 0.1) is 16.8 Å². The smallest absolute Gasteiger partial charge is 0.338 e. The van der Waals surface area contributed by atoms with Crippen LogP contribution < -0.4 is 10.1 Å². The molecule has 0 aliphatic carbocycles. The van der Waals surface area contributed by atoms with E-state index in [1.165, 1.54) is 6.92 Å². The fourth-order valence-electron chi connectivity index (χ4n) is 2.61. The monoisotopic (exact) mass is 428 g/mol. The molecule has 3 aromatic rings. The highest BCUT2D eigenvalue weighted by molar-refractivity contribution is 6.30. The average Bonchev–Trinajstić information content (AvgIpc) is 3.05. The maximum Gasteiger partial charge on any atom is 0.338 e. The predicted octanol–water partition coefficient (Wildman–Crippen LogP) is 4.71. The highest BCUT2D eigenvalue weighted by atomic mass is 35.5. The lowest BCUT2D eigenvalue weighted by molar-refractivity contribution is -0.123. The summed E-state index contributed by atoms with van der Waals surface area (Å²) in [6, 6.07) is 13.1. The molecule has 1 heterocycles. The number of anilines is 1. The van der Waals surface area contributed by atoms with Crippen molar-refractivity contribution < 1.29 is 23.6 Å². The van der Waals surface area contributed by atoms with Crippen LogP contribution in [-0.2, 0) is 16.1 Å². The van der Waals surface area contributed by atoms with Gasteiger partial charge < -0.3 is 19.3 Å². The minimum absolute atomic E-state index is 0.311. The average molecular weight is 429 g/mol. The molecule has 0 bridgehead atoms. The molecular formula is C22H21ClN2O5. The van der Waals surface area contributed by atoms with Gasteiger partial charge in [-0.15, -0.1) is 0 Å². The second kappa shape index (κ2) is 9.45. The first-order valence-corrected chi connectivity index (χ1v) is 9.63. The first-order valence-electron chi connectivity index (χ1n) is 9.25. The van der Waals surface area contributed by atoms with E-state index in [1.54, 1.807) is 48.5 Å². The van der Waals surface area contributed by atoms with Gasteiger partial charge in [0.15, 0.2) is 6.10 Å². The van der Waals surface area contributed by atoms with Crippen molar-refractivity contribution in [1.29, 1.82) is 0 Å². The molecule has 1 atom stereocenters. The number of ether oxygens (including phenoxy) is 2. The second-order valence-corrected chi connectivity index (χ2v) is 7.10. The number of nitrogens with one attached hydrogen (secondary N) is 1. The van der Waals surface area contributed by atoms with Gasteiger partial charge >= 0.3 is 5.97 Å². The molecule has 1 N–H and O–H groups in total. The third kappa shape index (κ3) is 5.39. The van der Waals surface area contributed by atoms with Gasteiger partial charge in [0, 0.05) is 10.7 Å². The van der Waals surface area contributed by atoms with E-state index in [9.17, 15) is 9.59 Å².